The molecule has 4 heteroatoms. The minimum atomic E-state index is -0.283. The van der Waals surface area contributed by atoms with Gasteiger partial charge in [0.15, 0.2) is 5.58 Å². The highest BCUT2D eigenvalue weighted by molar-refractivity contribution is 5.80. The van der Waals surface area contributed by atoms with Crippen LogP contribution in [0.1, 0.15) is 24.5 Å². The van der Waals surface area contributed by atoms with Crippen LogP contribution in [0.25, 0.3) is 11.0 Å². The zero-order chi connectivity index (χ0) is 14.9. The summed E-state index contributed by atoms with van der Waals surface area (Å²) in [6.07, 6.45) is 2.07. The van der Waals surface area contributed by atoms with Gasteiger partial charge in [-0.3, -0.25) is 0 Å². The van der Waals surface area contributed by atoms with E-state index in [1.54, 1.807) is 6.07 Å². The highest BCUT2D eigenvalue weighted by Crippen LogP contribution is 2.34. The van der Waals surface area contributed by atoms with E-state index in [-0.39, 0.29) is 5.82 Å². The lowest BCUT2D eigenvalue weighted by Crippen LogP contribution is -2.32. The van der Waals surface area contributed by atoms with E-state index in [0.29, 0.717) is 11.5 Å². The minimum absolute atomic E-state index is 0.283. The molecule has 1 aliphatic rings. The number of para-hydroxylation sites is 1. The van der Waals surface area contributed by atoms with Crippen molar-refractivity contribution in [3.63, 3.8) is 0 Å². The summed E-state index contributed by atoms with van der Waals surface area (Å²) in [7, 11) is 0. The predicted molar refractivity (Wildman–Crippen MR) is 84.6 cm³/mol. The van der Waals surface area contributed by atoms with Crippen molar-refractivity contribution in [2.75, 3.05) is 18.0 Å². The van der Waals surface area contributed by atoms with E-state index in [1.165, 1.54) is 17.8 Å². The first-order valence-electron chi connectivity index (χ1n) is 7.66. The first-order chi connectivity index (χ1) is 10.8. The smallest absolute Gasteiger partial charge is 0.170 e. The molecule has 0 amide bonds. The van der Waals surface area contributed by atoms with Crippen LogP contribution in [0.5, 0.6) is 0 Å². The number of anilines is 1. The van der Waals surface area contributed by atoms with Crippen LogP contribution in [-0.2, 0) is 0 Å². The fourth-order valence-corrected chi connectivity index (χ4v) is 3.28. The first-order valence-corrected chi connectivity index (χ1v) is 7.66. The summed E-state index contributed by atoms with van der Waals surface area (Å²) in [5, 5.41) is 5.14. The molecule has 0 unspecified atom stereocenters. The summed E-state index contributed by atoms with van der Waals surface area (Å²) in [6, 6.07) is 15.1. The van der Waals surface area contributed by atoms with Crippen LogP contribution in [0.15, 0.2) is 53.1 Å². The molecule has 112 valence electrons. The number of hydrogen-bond donors (Lipinski definition) is 0. The molecule has 0 aliphatic carbocycles. The van der Waals surface area contributed by atoms with Crippen molar-refractivity contribution in [3.8, 4) is 0 Å². The summed E-state index contributed by atoms with van der Waals surface area (Å²) in [5.41, 5.74) is 2.79. The van der Waals surface area contributed by atoms with Crippen molar-refractivity contribution in [1.29, 1.82) is 0 Å². The van der Waals surface area contributed by atoms with Gasteiger partial charge in [-0.2, -0.15) is 0 Å². The molecule has 4 rings (SSSR count). The lowest BCUT2D eigenvalue weighted by atomic mass is 9.91. The fourth-order valence-electron chi connectivity index (χ4n) is 3.28. The molecule has 0 spiro atoms. The maximum absolute atomic E-state index is 13.2. The molecule has 3 nitrogen and oxygen atoms in total. The maximum atomic E-state index is 13.2. The number of benzene rings is 2. The Morgan fingerprint density at radius 1 is 1.05 bits per heavy atom. The van der Waals surface area contributed by atoms with E-state index in [0.717, 1.165) is 37.0 Å². The van der Waals surface area contributed by atoms with Crippen LogP contribution in [0.2, 0.25) is 0 Å². The molecular formula is C18H17FN2O. The summed E-state index contributed by atoms with van der Waals surface area (Å²) >= 11 is 0. The van der Waals surface area contributed by atoms with Crippen LogP contribution < -0.4 is 4.90 Å². The Labute approximate surface area is 128 Å². The van der Waals surface area contributed by atoms with Gasteiger partial charge < -0.3 is 9.42 Å². The summed E-state index contributed by atoms with van der Waals surface area (Å²) in [4.78, 5) is 2.40. The van der Waals surface area contributed by atoms with Crippen molar-refractivity contribution < 1.29 is 8.91 Å². The quantitative estimate of drug-likeness (QED) is 0.704. The third-order valence-corrected chi connectivity index (χ3v) is 4.46. The highest BCUT2D eigenvalue weighted by Gasteiger charge is 2.25. The molecule has 1 aromatic heterocycles. The Balaban J connectivity index is 1.53. The van der Waals surface area contributed by atoms with Crippen LogP contribution in [-0.4, -0.2) is 18.2 Å². The number of aromatic nitrogens is 1. The van der Waals surface area contributed by atoms with Gasteiger partial charge in [0.1, 0.15) is 5.82 Å². The van der Waals surface area contributed by atoms with Gasteiger partial charge in [0.05, 0.1) is 5.69 Å². The van der Waals surface area contributed by atoms with Crippen LogP contribution in [0.3, 0.4) is 0 Å². The van der Waals surface area contributed by atoms with E-state index in [1.807, 2.05) is 6.07 Å². The predicted octanol–water partition coefficient (Wildman–Crippen LogP) is 4.35. The number of nitrogens with zero attached hydrogens (tertiary/aromatic N) is 2. The molecule has 0 N–H and O–H groups in total. The Hall–Kier alpha value is -2.36. The van der Waals surface area contributed by atoms with E-state index in [4.69, 9.17) is 4.52 Å². The van der Waals surface area contributed by atoms with Crippen molar-refractivity contribution in [1.82, 2.24) is 5.16 Å². The standard InChI is InChI=1S/C18H17FN2O/c19-14-6-7-16-17(12-14)22-20-18(16)13-8-10-21(11-9-13)15-4-2-1-3-5-15/h1-7,12-13H,8-11H2. The molecule has 0 saturated carbocycles. The number of halogens is 1. The van der Waals surface area contributed by atoms with Crippen LogP contribution in [0.4, 0.5) is 10.1 Å². The largest absolute Gasteiger partial charge is 0.371 e. The molecule has 2 heterocycles. The van der Waals surface area contributed by atoms with Crippen molar-refractivity contribution in [3.05, 3.63) is 60.0 Å². The molecule has 22 heavy (non-hydrogen) atoms. The lowest BCUT2D eigenvalue weighted by molar-refractivity contribution is 0.416. The number of fused-ring (bicyclic) bond motifs is 1. The maximum Gasteiger partial charge on any atom is 0.170 e. The molecule has 1 aliphatic heterocycles. The monoisotopic (exact) mass is 296 g/mol. The van der Waals surface area contributed by atoms with Gasteiger partial charge in [0, 0.05) is 36.1 Å². The van der Waals surface area contributed by atoms with Crippen LogP contribution in [0, 0.1) is 5.82 Å². The van der Waals surface area contributed by atoms with E-state index in [2.05, 4.69) is 34.3 Å². The molecule has 3 aromatic rings. The third kappa shape index (κ3) is 2.34. The minimum Gasteiger partial charge on any atom is -0.371 e. The number of piperidine rings is 1. The van der Waals surface area contributed by atoms with Crippen molar-refractivity contribution in [2.24, 2.45) is 0 Å². The molecule has 0 atom stereocenters. The van der Waals surface area contributed by atoms with Gasteiger partial charge in [0.25, 0.3) is 0 Å². The van der Waals surface area contributed by atoms with E-state index in [9.17, 15) is 4.39 Å². The van der Waals surface area contributed by atoms with Gasteiger partial charge in [-0.1, -0.05) is 23.4 Å². The van der Waals surface area contributed by atoms with E-state index >= 15 is 0 Å². The second-order valence-corrected chi connectivity index (χ2v) is 5.81. The topological polar surface area (TPSA) is 29.3 Å². The zero-order valence-corrected chi connectivity index (χ0v) is 12.2. The van der Waals surface area contributed by atoms with Crippen LogP contribution >= 0.6 is 0 Å². The normalized spacial score (nSPS) is 16.3. The molecule has 0 bridgehead atoms. The molecule has 1 fully saturated rings. The Morgan fingerprint density at radius 2 is 1.82 bits per heavy atom. The fraction of sp³-hybridized carbons (Fsp3) is 0.278. The van der Waals surface area contributed by atoms with Crippen molar-refractivity contribution >= 4 is 16.7 Å². The average Bonchev–Trinajstić information content (AvgIpc) is 2.99. The highest BCUT2D eigenvalue weighted by atomic mass is 19.1. The average molecular weight is 296 g/mol. The second kappa shape index (κ2) is 5.44. The number of rotatable bonds is 2. The van der Waals surface area contributed by atoms with Gasteiger partial charge in [-0.05, 0) is 37.1 Å². The molecular weight excluding hydrogens is 279 g/mol. The molecule has 1 saturated heterocycles. The van der Waals surface area contributed by atoms with Crippen molar-refractivity contribution in [2.45, 2.75) is 18.8 Å². The summed E-state index contributed by atoms with van der Waals surface area (Å²) in [5.74, 6) is 0.0979. The SMILES string of the molecule is Fc1ccc2c(C3CCN(c4ccccc4)CC3)noc2c1. The number of hydrogen-bond acceptors (Lipinski definition) is 3. The Bertz CT molecular complexity index is 776. The zero-order valence-electron chi connectivity index (χ0n) is 12.2. The lowest BCUT2D eigenvalue weighted by Gasteiger charge is -2.32. The van der Waals surface area contributed by atoms with Gasteiger partial charge in [0.2, 0.25) is 0 Å². The molecule has 2 aromatic carbocycles. The first kappa shape index (κ1) is 13.3. The summed E-state index contributed by atoms with van der Waals surface area (Å²) in [6.45, 7) is 2.01. The van der Waals surface area contributed by atoms with Gasteiger partial charge >= 0.3 is 0 Å². The van der Waals surface area contributed by atoms with E-state index < -0.39 is 0 Å². The third-order valence-electron chi connectivity index (χ3n) is 4.46. The second-order valence-electron chi connectivity index (χ2n) is 5.81. The van der Waals surface area contributed by atoms with Gasteiger partial charge in [-0.15, -0.1) is 0 Å². The molecule has 0 radical (unpaired) electrons. The van der Waals surface area contributed by atoms with Gasteiger partial charge in [-0.25, -0.2) is 4.39 Å². The Kier molecular flexibility index (Phi) is 3.29. The summed E-state index contributed by atoms with van der Waals surface area (Å²) < 4.78 is 18.5. The Morgan fingerprint density at radius 3 is 2.59 bits per heavy atom.